The number of anilines is 1. The summed E-state index contributed by atoms with van der Waals surface area (Å²) in [5, 5.41) is 0. The summed E-state index contributed by atoms with van der Waals surface area (Å²) in [6, 6.07) is 5.17. The van der Waals surface area contributed by atoms with Gasteiger partial charge in [-0.05, 0) is 12.1 Å². The predicted octanol–water partition coefficient (Wildman–Crippen LogP) is 0.756. The van der Waals surface area contributed by atoms with Gasteiger partial charge in [-0.25, -0.2) is 4.79 Å². The molecule has 0 aliphatic carbocycles. The van der Waals surface area contributed by atoms with Gasteiger partial charge in [0, 0.05) is 18.5 Å². The van der Waals surface area contributed by atoms with Crippen molar-refractivity contribution in [3.8, 4) is 11.4 Å². The smallest absolute Gasteiger partial charge is 0.330 e. The maximum absolute atomic E-state index is 11.3. The molecule has 0 saturated heterocycles. The summed E-state index contributed by atoms with van der Waals surface area (Å²) < 4.78 is 6.55. The van der Waals surface area contributed by atoms with Gasteiger partial charge in [0.15, 0.2) is 0 Å². The maximum Gasteiger partial charge on any atom is 0.330 e. The molecule has 0 atom stereocenters. The van der Waals surface area contributed by atoms with Gasteiger partial charge in [0.05, 0.1) is 18.5 Å². The Kier molecular flexibility index (Phi) is 2.21. The number of nitrogens with one attached hydrogen (secondary N) is 1. The van der Waals surface area contributed by atoms with Crippen LogP contribution in [-0.2, 0) is 0 Å². The van der Waals surface area contributed by atoms with Gasteiger partial charge in [0.1, 0.15) is 5.75 Å². The van der Waals surface area contributed by atoms with E-state index in [2.05, 4.69) is 4.98 Å². The van der Waals surface area contributed by atoms with Crippen LogP contribution in [0.1, 0.15) is 0 Å². The van der Waals surface area contributed by atoms with Crippen LogP contribution in [0.25, 0.3) is 5.69 Å². The number of benzene rings is 1. The van der Waals surface area contributed by atoms with E-state index in [0.29, 0.717) is 17.1 Å². The second-order valence-corrected chi connectivity index (χ2v) is 3.06. The van der Waals surface area contributed by atoms with Crippen molar-refractivity contribution in [2.45, 2.75) is 0 Å². The Bertz CT molecular complexity index is 527. The minimum Gasteiger partial charge on any atom is -0.495 e. The van der Waals surface area contributed by atoms with Gasteiger partial charge in [0.2, 0.25) is 0 Å². The molecule has 0 radical (unpaired) electrons. The minimum absolute atomic E-state index is 0.193. The van der Waals surface area contributed by atoms with Crippen LogP contribution in [0.15, 0.2) is 35.4 Å². The van der Waals surface area contributed by atoms with Crippen LogP contribution < -0.4 is 16.2 Å². The molecule has 1 aromatic heterocycles. The highest BCUT2D eigenvalue weighted by molar-refractivity contribution is 5.57. The first-order valence-corrected chi connectivity index (χ1v) is 4.42. The largest absolute Gasteiger partial charge is 0.495 e. The highest BCUT2D eigenvalue weighted by atomic mass is 16.5. The highest BCUT2D eigenvalue weighted by Gasteiger charge is 2.04. The van der Waals surface area contributed by atoms with Gasteiger partial charge in [-0.3, -0.25) is 4.57 Å². The quantitative estimate of drug-likeness (QED) is 0.711. The summed E-state index contributed by atoms with van der Waals surface area (Å²) >= 11 is 0. The Hall–Kier alpha value is -2.17. The summed E-state index contributed by atoms with van der Waals surface area (Å²) in [5.41, 5.74) is 6.74. The summed E-state index contributed by atoms with van der Waals surface area (Å²) in [4.78, 5) is 13.9. The second kappa shape index (κ2) is 3.53. The van der Waals surface area contributed by atoms with Crippen molar-refractivity contribution in [2.75, 3.05) is 12.8 Å². The van der Waals surface area contributed by atoms with E-state index in [1.165, 1.54) is 11.7 Å². The van der Waals surface area contributed by atoms with E-state index in [1.807, 2.05) is 0 Å². The molecule has 0 saturated carbocycles. The topological polar surface area (TPSA) is 73.0 Å². The first-order chi connectivity index (χ1) is 7.22. The highest BCUT2D eigenvalue weighted by Crippen LogP contribution is 2.23. The van der Waals surface area contributed by atoms with E-state index in [-0.39, 0.29) is 5.69 Å². The van der Waals surface area contributed by atoms with Crippen LogP contribution in [0, 0.1) is 0 Å². The Balaban J connectivity index is 2.55. The van der Waals surface area contributed by atoms with E-state index in [1.54, 1.807) is 30.6 Å². The standard InChI is InChI=1S/C10H11N3O2/c1-15-9-6-7(2-3-8(9)11)13-5-4-12-10(13)14/h2-6H,11H2,1H3,(H,12,14). The number of rotatable bonds is 2. The van der Waals surface area contributed by atoms with E-state index >= 15 is 0 Å². The minimum atomic E-state index is -0.193. The molecule has 78 valence electrons. The molecule has 1 aromatic carbocycles. The van der Waals surface area contributed by atoms with Gasteiger partial charge in [-0.2, -0.15) is 0 Å². The molecule has 2 rings (SSSR count). The fourth-order valence-corrected chi connectivity index (χ4v) is 1.37. The molecule has 0 aliphatic rings. The lowest BCUT2D eigenvalue weighted by atomic mass is 10.2. The number of hydrogen-bond acceptors (Lipinski definition) is 3. The third-order valence-electron chi connectivity index (χ3n) is 2.14. The van der Waals surface area contributed by atoms with E-state index in [0.717, 1.165) is 0 Å². The molecular formula is C10H11N3O2. The van der Waals surface area contributed by atoms with Crippen molar-refractivity contribution in [1.29, 1.82) is 0 Å². The Labute approximate surface area is 86.1 Å². The molecule has 0 spiro atoms. The summed E-state index contributed by atoms with van der Waals surface area (Å²) in [5.74, 6) is 0.556. The number of hydrogen-bond donors (Lipinski definition) is 2. The Morgan fingerprint density at radius 3 is 2.87 bits per heavy atom. The number of imidazole rings is 1. The van der Waals surface area contributed by atoms with Crippen LogP contribution in [-0.4, -0.2) is 16.7 Å². The van der Waals surface area contributed by atoms with E-state index in [9.17, 15) is 4.79 Å². The molecule has 5 heteroatoms. The number of methoxy groups -OCH3 is 1. The number of nitrogen functional groups attached to an aromatic ring is 1. The van der Waals surface area contributed by atoms with E-state index in [4.69, 9.17) is 10.5 Å². The lowest BCUT2D eigenvalue weighted by molar-refractivity contribution is 0.417. The number of H-pyrrole nitrogens is 1. The molecule has 2 aromatic rings. The van der Waals surface area contributed by atoms with Crippen LogP contribution in [0.3, 0.4) is 0 Å². The first kappa shape index (κ1) is 9.39. The normalized spacial score (nSPS) is 10.2. The Morgan fingerprint density at radius 1 is 1.47 bits per heavy atom. The van der Waals surface area contributed by atoms with Crippen molar-refractivity contribution in [2.24, 2.45) is 0 Å². The zero-order valence-corrected chi connectivity index (χ0v) is 8.23. The van der Waals surface area contributed by atoms with Gasteiger partial charge >= 0.3 is 5.69 Å². The van der Waals surface area contributed by atoms with Crippen molar-refractivity contribution in [3.63, 3.8) is 0 Å². The van der Waals surface area contributed by atoms with Crippen molar-refractivity contribution in [3.05, 3.63) is 41.1 Å². The molecule has 1 heterocycles. The summed E-state index contributed by atoms with van der Waals surface area (Å²) in [6.07, 6.45) is 3.22. The van der Waals surface area contributed by atoms with Gasteiger partial charge < -0.3 is 15.5 Å². The number of nitrogens with zero attached hydrogens (tertiary/aromatic N) is 1. The zero-order chi connectivity index (χ0) is 10.8. The van der Waals surface area contributed by atoms with Gasteiger partial charge in [-0.1, -0.05) is 0 Å². The number of aromatic nitrogens is 2. The maximum atomic E-state index is 11.3. The Morgan fingerprint density at radius 2 is 2.27 bits per heavy atom. The zero-order valence-electron chi connectivity index (χ0n) is 8.23. The predicted molar refractivity (Wildman–Crippen MR) is 57.4 cm³/mol. The van der Waals surface area contributed by atoms with Crippen LogP contribution in [0.4, 0.5) is 5.69 Å². The molecule has 0 unspecified atom stereocenters. The first-order valence-electron chi connectivity index (χ1n) is 4.42. The third kappa shape index (κ3) is 1.59. The molecule has 0 aliphatic heterocycles. The van der Waals surface area contributed by atoms with Crippen molar-refractivity contribution in [1.82, 2.24) is 9.55 Å². The van der Waals surface area contributed by atoms with Gasteiger partial charge in [0.25, 0.3) is 0 Å². The number of aromatic amines is 1. The van der Waals surface area contributed by atoms with Crippen molar-refractivity contribution < 1.29 is 4.74 Å². The number of nitrogens with two attached hydrogens (primary N) is 1. The van der Waals surface area contributed by atoms with Gasteiger partial charge in [-0.15, -0.1) is 0 Å². The lowest BCUT2D eigenvalue weighted by Crippen LogP contribution is -2.14. The van der Waals surface area contributed by atoms with E-state index < -0.39 is 0 Å². The second-order valence-electron chi connectivity index (χ2n) is 3.06. The third-order valence-corrected chi connectivity index (χ3v) is 2.14. The van der Waals surface area contributed by atoms with Crippen LogP contribution in [0.2, 0.25) is 0 Å². The molecule has 0 bridgehead atoms. The average molecular weight is 205 g/mol. The van der Waals surface area contributed by atoms with Crippen LogP contribution in [0.5, 0.6) is 5.75 Å². The summed E-state index contributed by atoms with van der Waals surface area (Å²) in [7, 11) is 1.54. The molecule has 0 amide bonds. The fourth-order valence-electron chi connectivity index (χ4n) is 1.37. The van der Waals surface area contributed by atoms with Crippen molar-refractivity contribution >= 4 is 5.69 Å². The number of ether oxygens (including phenoxy) is 1. The molecule has 0 fully saturated rings. The molecule has 3 N–H and O–H groups in total. The molecule has 5 nitrogen and oxygen atoms in total. The molecular weight excluding hydrogens is 194 g/mol. The fraction of sp³-hybridized carbons (Fsp3) is 0.100. The average Bonchev–Trinajstić information content (AvgIpc) is 2.65. The lowest BCUT2D eigenvalue weighted by Gasteiger charge is -2.07. The summed E-state index contributed by atoms with van der Waals surface area (Å²) in [6.45, 7) is 0. The molecule has 15 heavy (non-hydrogen) atoms. The SMILES string of the molecule is COc1cc(-n2cc[nH]c2=O)ccc1N. The van der Waals surface area contributed by atoms with Crippen LogP contribution >= 0.6 is 0 Å². The monoisotopic (exact) mass is 205 g/mol.